The number of carbonyl (C=O) groups is 1. The van der Waals surface area contributed by atoms with Crippen LogP contribution in [0.4, 0.5) is 0 Å². The van der Waals surface area contributed by atoms with E-state index in [9.17, 15) is 15.0 Å². The molecule has 0 aliphatic carbocycles. The number of imidazole rings is 1. The summed E-state index contributed by atoms with van der Waals surface area (Å²) in [4.78, 5) is 18.7. The number of carbonyl (C=O) groups excluding carboxylic acids is 1. The number of nitrogens with zero attached hydrogens (tertiary/aromatic N) is 3. The number of phenolic OH excluding ortho intramolecular Hbond substituents is 2. The predicted molar refractivity (Wildman–Crippen MR) is 98.0 cm³/mol. The van der Waals surface area contributed by atoms with Crippen LogP contribution in [0.25, 0.3) is 11.0 Å². The molecule has 7 heteroatoms. The Balaban J connectivity index is 2.02. The smallest absolute Gasteiger partial charge is 0.240 e. The highest BCUT2D eigenvalue weighted by Crippen LogP contribution is 2.37. The van der Waals surface area contributed by atoms with Crippen molar-refractivity contribution in [1.29, 1.82) is 0 Å². The second kappa shape index (κ2) is 8.20. The molecule has 2 aromatic rings. The average molecular weight is 348 g/mol. The lowest BCUT2D eigenvalue weighted by molar-refractivity contribution is -0.121. The second-order valence-corrected chi connectivity index (χ2v) is 6.25. The summed E-state index contributed by atoms with van der Waals surface area (Å²) in [7, 11) is 0. The van der Waals surface area contributed by atoms with Gasteiger partial charge in [-0.3, -0.25) is 4.79 Å². The number of benzene rings is 1. The summed E-state index contributed by atoms with van der Waals surface area (Å²) in [6, 6.07) is 0. The van der Waals surface area contributed by atoms with E-state index in [1.165, 1.54) is 6.33 Å². The van der Waals surface area contributed by atoms with Crippen LogP contribution in [0.3, 0.4) is 0 Å². The quantitative estimate of drug-likeness (QED) is 0.634. The second-order valence-electron chi connectivity index (χ2n) is 6.25. The molecule has 1 amide bonds. The van der Waals surface area contributed by atoms with Gasteiger partial charge in [0.25, 0.3) is 0 Å². The monoisotopic (exact) mass is 348 g/mol. The van der Waals surface area contributed by atoms with Crippen molar-refractivity contribution in [2.45, 2.75) is 40.7 Å². The van der Waals surface area contributed by atoms with Crippen molar-refractivity contribution in [2.75, 3.05) is 26.2 Å². The van der Waals surface area contributed by atoms with Gasteiger partial charge in [-0.15, -0.1) is 0 Å². The van der Waals surface area contributed by atoms with E-state index >= 15 is 0 Å². The minimum Gasteiger partial charge on any atom is -0.507 e. The molecule has 0 atom stereocenters. The van der Waals surface area contributed by atoms with E-state index in [4.69, 9.17) is 0 Å². The van der Waals surface area contributed by atoms with E-state index in [0.717, 1.165) is 26.1 Å². The number of hydrogen-bond acceptors (Lipinski definition) is 5. The van der Waals surface area contributed by atoms with Gasteiger partial charge in [-0.25, -0.2) is 4.98 Å². The van der Waals surface area contributed by atoms with Crippen LogP contribution >= 0.6 is 0 Å². The summed E-state index contributed by atoms with van der Waals surface area (Å²) >= 11 is 0. The summed E-state index contributed by atoms with van der Waals surface area (Å²) in [6.45, 7) is 11.3. The maximum absolute atomic E-state index is 12.2. The molecule has 138 valence electrons. The standard InChI is InChI=1S/C18H28N4O3/c1-5-21(6-2)9-7-8-19-14(23)10-22-11-20-15-12(3)17(24)13(4)18(25)16(15)22/h11,24-25H,5-10H2,1-4H3,(H,19,23). The zero-order valence-electron chi connectivity index (χ0n) is 15.5. The molecule has 3 N–H and O–H groups in total. The number of aryl methyl sites for hydroxylation is 1. The molecule has 0 spiro atoms. The number of nitrogens with one attached hydrogen (secondary N) is 1. The molecule has 0 fully saturated rings. The number of amides is 1. The van der Waals surface area contributed by atoms with Gasteiger partial charge in [0, 0.05) is 17.7 Å². The Bertz CT molecular complexity index is 751. The van der Waals surface area contributed by atoms with Gasteiger partial charge in [0.1, 0.15) is 23.6 Å². The van der Waals surface area contributed by atoms with Gasteiger partial charge in [-0.1, -0.05) is 13.8 Å². The van der Waals surface area contributed by atoms with Crippen LogP contribution < -0.4 is 5.32 Å². The molecule has 2 rings (SSSR count). The summed E-state index contributed by atoms with van der Waals surface area (Å²) in [5.74, 6) is -0.123. The first-order chi connectivity index (χ1) is 11.9. The fourth-order valence-electron chi connectivity index (χ4n) is 2.99. The van der Waals surface area contributed by atoms with E-state index in [1.54, 1.807) is 18.4 Å². The van der Waals surface area contributed by atoms with Crippen molar-refractivity contribution in [3.63, 3.8) is 0 Å². The number of aromatic hydroxyl groups is 2. The number of hydrogen-bond donors (Lipinski definition) is 3. The third kappa shape index (κ3) is 4.04. The average Bonchev–Trinajstić information content (AvgIpc) is 3.02. The van der Waals surface area contributed by atoms with Crippen LogP contribution in [0.2, 0.25) is 0 Å². The maximum Gasteiger partial charge on any atom is 0.240 e. The normalized spacial score (nSPS) is 11.4. The van der Waals surface area contributed by atoms with Crippen molar-refractivity contribution < 1.29 is 15.0 Å². The number of aromatic nitrogens is 2. The highest BCUT2D eigenvalue weighted by Gasteiger charge is 2.18. The molecule has 0 saturated carbocycles. The zero-order chi connectivity index (χ0) is 18.6. The van der Waals surface area contributed by atoms with E-state index < -0.39 is 0 Å². The summed E-state index contributed by atoms with van der Waals surface area (Å²) in [5, 5.41) is 23.2. The Labute approximate surface area is 148 Å². The lowest BCUT2D eigenvalue weighted by atomic mass is 10.1. The van der Waals surface area contributed by atoms with Gasteiger partial charge in [-0.05, 0) is 39.9 Å². The van der Waals surface area contributed by atoms with E-state index in [-0.39, 0.29) is 24.0 Å². The van der Waals surface area contributed by atoms with Gasteiger partial charge in [0.15, 0.2) is 0 Å². The SMILES string of the molecule is CCN(CC)CCCNC(=O)Cn1cnc2c(C)c(O)c(C)c(O)c21. The fraction of sp³-hybridized carbons (Fsp3) is 0.556. The number of phenols is 2. The van der Waals surface area contributed by atoms with Gasteiger partial charge in [-0.2, -0.15) is 0 Å². The first-order valence-electron chi connectivity index (χ1n) is 8.75. The largest absolute Gasteiger partial charge is 0.507 e. The molecular formula is C18H28N4O3. The molecule has 0 saturated heterocycles. The third-order valence-electron chi connectivity index (χ3n) is 4.66. The summed E-state index contributed by atoms with van der Waals surface area (Å²) < 4.78 is 1.61. The van der Waals surface area contributed by atoms with E-state index in [1.807, 2.05) is 0 Å². The Morgan fingerprint density at radius 1 is 1.20 bits per heavy atom. The molecule has 0 unspecified atom stereocenters. The van der Waals surface area contributed by atoms with Crippen LogP contribution in [0, 0.1) is 13.8 Å². The topological polar surface area (TPSA) is 90.6 Å². The molecule has 25 heavy (non-hydrogen) atoms. The lowest BCUT2D eigenvalue weighted by Gasteiger charge is -2.17. The highest BCUT2D eigenvalue weighted by atomic mass is 16.3. The first-order valence-corrected chi connectivity index (χ1v) is 8.75. The Morgan fingerprint density at radius 2 is 1.88 bits per heavy atom. The van der Waals surface area contributed by atoms with Crippen molar-refractivity contribution in [1.82, 2.24) is 19.8 Å². The van der Waals surface area contributed by atoms with Crippen LogP contribution in [-0.2, 0) is 11.3 Å². The van der Waals surface area contributed by atoms with Crippen molar-refractivity contribution >= 4 is 16.9 Å². The summed E-state index contributed by atoms with van der Waals surface area (Å²) in [6.07, 6.45) is 2.42. The van der Waals surface area contributed by atoms with Crippen molar-refractivity contribution in [3.05, 3.63) is 17.5 Å². The van der Waals surface area contributed by atoms with Crippen molar-refractivity contribution in [3.8, 4) is 11.5 Å². The Morgan fingerprint density at radius 3 is 2.52 bits per heavy atom. The predicted octanol–water partition coefficient (Wildman–Crippen LogP) is 1.91. The summed E-state index contributed by atoms with van der Waals surface area (Å²) in [5.41, 5.74) is 1.98. The van der Waals surface area contributed by atoms with E-state index in [2.05, 4.69) is 29.0 Å². The number of rotatable bonds is 8. The van der Waals surface area contributed by atoms with E-state index in [0.29, 0.717) is 28.7 Å². The molecular weight excluding hydrogens is 320 g/mol. The minimum absolute atomic E-state index is 0.0371. The zero-order valence-corrected chi connectivity index (χ0v) is 15.5. The molecule has 1 heterocycles. The Hall–Kier alpha value is -2.28. The molecule has 0 aliphatic rings. The molecule has 1 aromatic carbocycles. The van der Waals surface area contributed by atoms with Gasteiger partial charge in [0.05, 0.1) is 11.8 Å². The highest BCUT2D eigenvalue weighted by molar-refractivity contribution is 5.90. The minimum atomic E-state index is -0.123. The fourth-order valence-corrected chi connectivity index (χ4v) is 2.99. The number of fused-ring (bicyclic) bond motifs is 1. The molecule has 7 nitrogen and oxygen atoms in total. The van der Waals surface area contributed by atoms with Crippen molar-refractivity contribution in [2.24, 2.45) is 0 Å². The molecule has 0 bridgehead atoms. The first kappa shape index (κ1) is 19.1. The Kier molecular flexibility index (Phi) is 6.25. The third-order valence-corrected chi connectivity index (χ3v) is 4.66. The van der Waals surface area contributed by atoms with Crippen LogP contribution in [0.1, 0.15) is 31.4 Å². The lowest BCUT2D eigenvalue weighted by Crippen LogP contribution is -2.31. The molecule has 1 aromatic heterocycles. The van der Waals surface area contributed by atoms with Crippen LogP contribution in [-0.4, -0.2) is 56.8 Å². The molecule has 0 aliphatic heterocycles. The molecule has 0 radical (unpaired) electrons. The van der Waals surface area contributed by atoms with Crippen LogP contribution in [0.5, 0.6) is 11.5 Å². The van der Waals surface area contributed by atoms with Crippen LogP contribution in [0.15, 0.2) is 6.33 Å². The van der Waals surface area contributed by atoms with Gasteiger partial charge in [0.2, 0.25) is 5.91 Å². The van der Waals surface area contributed by atoms with Gasteiger partial charge < -0.3 is 25.0 Å². The maximum atomic E-state index is 12.2. The van der Waals surface area contributed by atoms with Gasteiger partial charge >= 0.3 is 0 Å².